The molecule has 0 aliphatic carbocycles. The van der Waals surface area contributed by atoms with Crippen LogP contribution in [0.4, 0.5) is 0 Å². The van der Waals surface area contributed by atoms with Gasteiger partial charge < -0.3 is 14.9 Å². The third-order valence-electron chi connectivity index (χ3n) is 3.22. The van der Waals surface area contributed by atoms with Crippen molar-refractivity contribution in [3.05, 3.63) is 27.7 Å². The molecule has 0 spiro atoms. The number of halogens is 2. The Morgan fingerprint density at radius 2 is 2.16 bits per heavy atom. The van der Waals surface area contributed by atoms with Gasteiger partial charge in [-0.2, -0.15) is 0 Å². The monoisotopic (exact) mass is 305 g/mol. The van der Waals surface area contributed by atoms with E-state index in [1.54, 1.807) is 6.07 Å². The van der Waals surface area contributed by atoms with Gasteiger partial charge in [0.2, 0.25) is 0 Å². The summed E-state index contributed by atoms with van der Waals surface area (Å²) in [5.41, 5.74) is 0.730. The molecule has 1 aliphatic rings. The zero-order valence-corrected chi connectivity index (χ0v) is 12.0. The molecule has 1 aromatic carbocycles. The molecule has 0 amide bonds. The van der Waals surface area contributed by atoms with E-state index in [-0.39, 0.29) is 18.5 Å². The lowest BCUT2D eigenvalue weighted by Crippen LogP contribution is -2.42. The third kappa shape index (κ3) is 3.74. The van der Waals surface area contributed by atoms with E-state index in [0.29, 0.717) is 29.6 Å². The van der Waals surface area contributed by atoms with E-state index in [2.05, 4.69) is 4.90 Å². The lowest BCUT2D eigenvalue weighted by atomic mass is 10.1. The molecule has 0 saturated carbocycles. The number of nitrogens with zero attached hydrogens (tertiary/aromatic N) is 1. The number of ether oxygens (including phenoxy) is 1. The average molecular weight is 306 g/mol. The highest BCUT2D eigenvalue weighted by molar-refractivity contribution is 6.36. The molecule has 1 fully saturated rings. The second-order valence-corrected chi connectivity index (χ2v) is 5.38. The summed E-state index contributed by atoms with van der Waals surface area (Å²) in [5.74, 6) is 0.0428. The molecule has 0 unspecified atom stereocenters. The van der Waals surface area contributed by atoms with E-state index < -0.39 is 0 Å². The molecule has 0 aromatic heterocycles. The van der Waals surface area contributed by atoms with E-state index in [4.69, 9.17) is 33.0 Å². The first-order valence-electron chi connectivity index (χ1n) is 6.22. The largest absolute Gasteiger partial charge is 0.506 e. The van der Waals surface area contributed by atoms with Gasteiger partial charge in [-0.15, -0.1) is 0 Å². The zero-order valence-electron chi connectivity index (χ0n) is 10.5. The van der Waals surface area contributed by atoms with Crippen LogP contribution < -0.4 is 0 Å². The normalized spacial score (nSPS) is 20.7. The van der Waals surface area contributed by atoms with Crippen LogP contribution >= 0.6 is 23.2 Å². The fourth-order valence-electron chi connectivity index (χ4n) is 2.20. The van der Waals surface area contributed by atoms with E-state index in [1.807, 2.05) is 0 Å². The first-order chi connectivity index (χ1) is 9.11. The maximum atomic E-state index is 9.62. The van der Waals surface area contributed by atoms with Crippen LogP contribution in [0.2, 0.25) is 10.0 Å². The quantitative estimate of drug-likeness (QED) is 0.896. The van der Waals surface area contributed by atoms with Crippen LogP contribution in [0.15, 0.2) is 12.1 Å². The fourth-order valence-corrected chi connectivity index (χ4v) is 2.69. The number of hydrogen-bond acceptors (Lipinski definition) is 4. The Labute approximate surface area is 122 Å². The minimum atomic E-state index is 0.0358. The molecule has 2 N–H and O–H groups in total. The summed E-state index contributed by atoms with van der Waals surface area (Å²) in [6.07, 6.45) is 0.659. The summed E-state index contributed by atoms with van der Waals surface area (Å²) < 4.78 is 5.55. The summed E-state index contributed by atoms with van der Waals surface area (Å²) >= 11 is 12.2. The van der Waals surface area contributed by atoms with Crippen molar-refractivity contribution in [3.63, 3.8) is 0 Å². The molecule has 106 valence electrons. The van der Waals surface area contributed by atoms with Gasteiger partial charge in [-0.05, 0) is 18.6 Å². The zero-order chi connectivity index (χ0) is 13.8. The average Bonchev–Trinajstić information content (AvgIpc) is 2.40. The van der Waals surface area contributed by atoms with E-state index >= 15 is 0 Å². The van der Waals surface area contributed by atoms with Crippen molar-refractivity contribution >= 4 is 23.2 Å². The van der Waals surface area contributed by atoms with Crippen molar-refractivity contribution in [2.75, 3.05) is 26.3 Å². The lowest BCUT2D eigenvalue weighted by Gasteiger charge is -2.33. The first-order valence-corrected chi connectivity index (χ1v) is 6.98. The second-order valence-electron chi connectivity index (χ2n) is 4.60. The molecular weight excluding hydrogens is 289 g/mol. The van der Waals surface area contributed by atoms with Gasteiger partial charge in [0.1, 0.15) is 5.75 Å². The molecule has 1 aromatic rings. The minimum Gasteiger partial charge on any atom is -0.506 e. The fraction of sp³-hybridized carbons (Fsp3) is 0.538. The molecule has 19 heavy (non-hydrogen) atoms. The van der Waals surface area contributed by atoms with Gasteiger partial charge in [0, 0.05) is 36.8 Å². The Bertz CT molecular complexity index is 440. The van der Waals surface area contributed by atoms with E-state index in [9.17, 15) is 5.11 Å². The molecule has 0 bridgehead atoms. The van der Waals surface area contributed by atoms with Crippen molar-refractivity contribution in [2.45, 2.75) is 19.1 Å². The molecular formula is C13H17Cl2NO3. The number of benzene rings is 1. The maximum Gasteiger partial charge on any atom is 0.134 e. The number of phenols is 1. The maximum absolute atomic E-state index is 9.62. The van der Waals surface area contributed by atoms with Gasteiger partial charge in [-0.25, -0.2) is 0 Å². The number of aliphatic hydroxyl groups excluding tert-OH is 1. The summed E-state index contributed by atoms with van der Waals surface area (Å²) in [7, 11) is 0. The van der Waals surface area contributed by atoms with Gasteiger partial charge >= 0.3 is 0 Å². The number of aromatic hydroxyl groups is 1. The van der Waals surface area contributed by atoms with Gasteiger partial charge in [0.25, 0.3) is 0 Å². The number of aliphatic hydroxyl groups is 1. The molecule has 2 rings (SSSR count). The van der Waals surface area contributed by atoms with Crippen LogP contribution in [0.1, 0.15) is 12.0 Å². The van der Waals surface area contributed by atoms with Crippen LogP contribution in [-0.2, 0) is 11.3 Å². The van der Waals surface area contributed by atoms with Crippen molar-refractivity contribution in [1.82, 2.24) is 4.90 Å². The van der Waals surface area contributed by atoms with Crippen LogP contribution in [-0.4, -0.2) is 47.5 Å². The molecule has 1 aliphatic heterocycles. The van der Waals surface area contributed by atoms with Gasteiger partial charge in [-0.1, -0.05) is 23.2 Å². The molecule has 6 heteroatoms. The van der Waals surface area contributed by atoms with E-state index in [1.165, 1.54) is 6.07 Å². The smallest absolute Gasteiger partial charge is 0.134 e. The molecule has 4 nitrogen and oxygen atoms in total. The number of phenolic OH excluding ortho intramolecular Hbond substituents is 1. The van der Waals surface area contributed by atoms with Crippen molar-refractivity contribution < 1.29 is 14.9 Å². The van der Waals surface area contributed by atoms with Crippen LogP contribution in [0.5, 0.6) is 5.75 Å². The Morgan fingerprint density at radius 3 is 2.89 bits per heavy atom. The first kappa shape index (κ1) is 14.9. The Hall–Kier alpha value is -0.520. The second kappa shape index (κ2) is 6.77. The molecule has 1 heterocycles. The highest BCUT2D eigenvalue weighted by Crippen LogP contribution is 2.33. The van der Waals surface area contributed by atoms with Crippen LogP contribution in [0, 0.1) is 0 Å². The highest BCUT2D eigenvalue weighted by Gasteiger charge is 2.22. The van der Waals surface area contributed by atoms with Crippen LogP contribution in [0.25, 0.3) is 0 Å². The standard InChI is InChI=1S/C13H17Cl2NO3/c14-11-1-2-12(18)13(15)10(11)8-16-4-6-19-9(7-16)3-5-17/h1-2,9,17-18H,3-8H2/t9-/m0/s1. The number of hydrogen-bond donors (Lipinski definition) is 2. The predicted molar refractivity (Wildman–Crippen MR) is 74.8 cm³/mol. The Kier molecular flexibility index (Phi) is 5.30. The number of rotatable bonds is 4. The Balaban J connectivity index is 2.06. The highest BCUT2D eigenvalue weighted by atomic mass is 35.5. The van der Waals surface area contributed by atoms with E-state index in [0.717, 1.165) is 18.7 Å². The van der Waals surface area contributed by atoms with Crippen molar-refractivity contribution in [2.24, 2.45) is 0 Å². The summed E-state index contributed by atoms with van der Waals surface area (Å²) in [6, 6.07) is 3.13. The third-order valence-corrected chi connectivity index (χ3v) is 4.00. The van der Waals surface area contributed by atoms with Crippen molar-refractivity contribution in [3.8, 4) is 5.75 Å². The minimum absolute atomic E-state index is 0.0358. The SMILES string of the molecule is OCC[C@H]1CN(Cc2c(Cl)ccc(O)c2Cl)CCO1. The summed E-state index contributed by atoms with van der Waals surface area (Å²) in [5, 5.41) is 19.4. The van der Waals surface area contributed by atoms with Gasteiger partial charge in [0.15, 0.2) is 0 Å². The summed E-state index contributed by atoms with van der Waals surface area (Å²) in [6.45, 7) is 2.81. The summed E-state index contributed by atoms with van der Waals surface area (Å²) in [4.78, 5) is 2.16. The Morgan fingerprint density at radius 1 is 1.37 bits per heavy atom. The number of morpholine rings is 1. The van der Waals surface area contributed by atoms with Gasteiger partial charge in [-0.3, -0.25) is 4.90 Å². The molecule has 1 atom stereocenters. The lowest BCUT2D eigenvalue weighted by molar-refractivity contribution is -0.0407. The topological polar surface area (TPSA) is 52.9 Å². The van der Waals surface area contributed by atoms with Gasteiger partial charge in [0.05, 0.1) is 17.7 Å². The molecule has 0 radical (unpaired) electrons. The molecule has 1 saturated heterocycles. The van der Waals surface area contributed by atoms with Crippen molar-refractivity contribution in [1.29, 1.82) is 0 Å². The predicted octanol–water partition coefficient (Wildman–Crippen LogP) is 2.28. The van der Waals surface area contributed by atoms with Crippen LogP contribution in [0.3, 0.4) is 0 Å².